The number of nitrogens with two attached hydrogens (primary N) is 1. The molecule has 49 heavy (non-hydrogen) atoms. The number of oxazole rings is 2. The SMILES string of the molecule is CCOC(=O)c1cccc2nc(C)oc12.CCOC(C)(OCC)OCC.Cc1nc2cccc(CO)c2o1.Nc1cccc(C(=O)O)c1O. The number of anilines is 1. The molecule has 2 heterocycles. The molecule has 0 saturated carbocycles. The fourth-order valence-electron chi connectivity index (χ4n) is 4.32. The molecule has 0 fully saturated rings. The van der Waals surface area contributed by atoms with E-state index < -0.39 is 11.9 Å². The molecule has 5 aromatic rings. The van der Waals surface area contributed by atoms with Crippen LogP contribution >= 0.6 is 0 Å². The van der Waals surface area contributed by atoms with Crippen LogP contribution in [-0.4, -0.2) is 69.6 Å². The van der Waals surface area contributed by atoms with E-state index in [2.05, 4.69) is 9.97 Å². The van der Waals surface area contributed by atoms with Gasteiger partial charge in [0.1, 0.15) is 22.2 Å². The molecule has 14 nitrogen and oxygen atoms in total. The van der Waals surface area contributed by atoms with Crippen LogP contribution in [0, 0.1) is 13.8 Å². The molecule has 0 bridgehead atoms. The minimum Gasteiger partial charge on any atom is -0.505 e. The molecule has 3 aromatic carbocycles. The van der Waals surface area contributed by atoms with Gasteiger partial charge in [-0.3, -0.25) is 0 Å². The number of hydrogen-bond donors (Lipinski definition) is 4. The first-order chi connectivity index (χ1) is 23.3. The van der Waals surface area contributed by atoms with E-state index in [1.165, 1.54) is 18.2 Å². The molecule has 266 valence electrons. The van der Waals surface area contributed by atoms with Crippen LogP contribution in [-0.2, 0) is 25.6 Å². The van der Waals surface area contributed by atoms with E-state index in [0.29, 0.717) is 60.5 Å². The predicted octanol–water partition coefficient (Wildman–Crippen LogP) is 6.38. The van der Waals surface area contributed by atoms with E-state index >= 15 is 0 Å². The van der Waals surface area contributed by atoms with Gasteiger partial charge >= 0.3 is 11.9 Å². The smallest absolute Gasteiger partial charge is 0.342 e. The van der Waals surface area contributed by atoms with Gasteiger partial charge in [0.25, 0.3) is 5.97 Å². The average molecular weight is 684 g/mol. The van der Waals surface area contributed by atoms with Gasteiger partial charge in [-0.15, -0.1) is 0 Å². The third-order valence-electron chi connectivity index (χ3n) is 6.31. The largest absolute Gasteiger partial charge is 0.505 e. The monoisotopic (exact) mass is 683 g/mol. The number of carbonyl (C=O) groups excluding carboxylic acids is 1. The van der Waals surface area contributed by atoms with Crippen LogP contribution in [0.3, 0.4) is 0 Å². The summed E-state index contributed by atoms with van der Waals surface area (Å²) in [6.07, 6.45) is 0. The number of aryl methyl sites for hydroxylation is 2. The lowest BCUT2D eigenvalue weighted by Crippen LogP contribution is -2.35. The van der Waals surface area contributed by atoms with Gasteiger partial charge in [-0.2, -0.15) is 0 Å². The van der Waals surface area contributed by atoms with Gasteiger partial charge in [0.2, 0.25) is 0 Å². The fourth-order valence-corrected chi connectivity index (χ4v) is 4.32. The highest BCUT2D eigenvalue weighted by molar-refractivity contribution is 6.01. The van der Waals surface area contributed by atoms with Crippen molar-refractivity contribution >= 4 is 39.8 Å². The van der Waals surface area contributed by atoms with Crippen molar-refractivity contribution in [3.8, 4) is 5.75 Å². The topological polar surface area (TPSA) is 210 Å². The second-order valence-corrected chi connectivity index (χ2v) is 9.97. The maximum Gasteiger partial charge on any atom is 0.342 e. The molecule has 0 unspecified atom stereocenters. The fraction of sp³-hybridized carbons (Fsp3) is 0.371. The molecule has 0 atom stereocenters. The minimum absolute atomic E-state index is 0.00796. The highest BCUT2D eigenvalue weighted by atomic mass is 16.9. The summed E-state index contributed by atoms with van der Waals surface area (Å²) in [6, 6.07) is 15.0. The van der Waals surface area contributed by atoms with Crippen LogP contribution in [0.5, 0.6) is 5.75 Å². The number of fused-ring (bicyclic) bond motifs is 2. The van der Waals surface area contributed by atoms with Crippen LogP contribution in [0.1, 0.15) is 72.7 Å². The number of para-hydroxylation sites is 3. The van der Waals surface area contributed by atoms with Gasteiger partial charge in [-0.25, -0.2) is 19.6 Å². The molecule has 0 amide bonds. The van der Waals surface area contributed by atoms with Crippen molar-refractivity contribution in [3.05, 3.63) is 83.1 Å². The lowest BCUT2D eigenvalue weighted by Gasteiger charge is -2.27. The first-order valence-electron chi connectivity index (χ1n) is 15.6. The number of carboxylic acids is 1. The third kappa shape index (κ3) is 11.9. The number of benzene rings is 3. The number of phenols is 1. The number of aromatic hydroxyl groups is 1. The Morgan fingerprint density at radius 2 is 1.27 bits per heavy atom. The number of ether oxygens (including phenoxy) is 4. The van der Waals surface area contributed by atoms with Crippen LogP contribution in [0.15, 0.2) is 63.4 Å². The Labute approximate surface area is 284 Å². The number of nitrogen functional groups attached to an aromatic ring is 1. The van der Waals surface area contributed by atoms with Crippen molar-refractivity contribution in [2.24, 2.45) is 0 Å². The second-order valence-electron chi connectivity index (χ2n) is 9.97. The zero-order chi connectivity index (χ0) is 36.6. The summed E-state index contributed by atoms with van der Waals surface area (Å²) in [5, 5.41) is 26.5. The summed E-state index contributed by atoms with van der Waals surface area (Å²) < 4.78 is 31.4. The molecule has 0 aliphatic heterocycles. The number of hydrogen-bond acceptors (Lipinski definition) is 13. The van der Waals surface area contributed by atoms with E-state index in [1.807, 2.05) is 39.0 Å². The lowest BCUT2D eigenvalue weighted by molar-refractivity contribution is -0.365. The van der Waals surface area contributed by atoms with Crippen molar-refractivity contribution < 1.29 is 52.7 Å². The molecule has 0 radical (unpaired) electrons. The Morgan fingerprint density at radius 1 is 0.776 bits per heavy atom. The number of aliphatic hydroxyl groups is 1. The van der Waals surface area contributed by atoms with Gasteiger partial charge in [0.05, 0.1) is 18.9 Å². The molecular weight excluding hydrogens is 638 g/mol. The molecule has 0 aliphatic rings. The maximum atomic E-state index is 11.6. The number of rotatable bonds is 10. The van der Waals surface area contributed by atoms with Crippen molar-refractivity contribution in [1.82, 2.24) is 9.97 Å². The van der Waals surface area contributed by atoms with Crippen molar-refractivity contribution in [2.75, 3.05) is 32.2 Å². The first-order valence-corrected chi connectivity index (χ1v) is 15.6. The summed E-state index contributed by atoms with van der Waals surface area (Å²) >= 11 is 0. The first kappa shape index (κ1) is 40.2. The van der Waals surface area contributed by atoms with E-state index in [4.69, 9.17) is 48.8 Å². The Hall–Kier alpha value is -5.02. The van der Waals surface area contributed by atoms with Crippen molar-refractivity contribution in [1.29, 1.82) is 0 Å². The van der Waals surface area contributed by atoms with Crippen LogP contribution < -0.4 is 5.73 Å². The Kier molecular flexibility index (Phi) is 16.2. The van der Waals surface area contributed by atoms with E-state index in [-0.39, 0.29) is 29.6 Å². The number of nitrogens with zero attached hydrogens (tertiary/aromatic N) is 2. The van der Waals surface area contributed by atoms with Gasteiger partial charge in [-0.05, 0) is 58.0 Å². The lowest BCUT2D eigenvalue weighted by atomic mass is 10.2. The normalized spacial score (nSPS) is 10.7. The van der Waals surface area contributed by atoms with Crippen molar-refractivity contribution in [2.45, 2.75) is 61.0 Å². The molecule has 0 saturated heterocycles. The van der Waals surface area contributed by atoms with Crippen LogP contribution in [0.2, 0.25) is 0 Å². The van der Waals surface area contributed by atoms with Gasteiger partial charge < -0.3 is 48.8 Å². The predicted molar refractivity (Wildman–Crippen MR) is 182 cm³/mol. The van der Waals surface area contributed by atoms with Gasteiger partial charge in [0.15, 0.2) is 28.7 Å². The maximum absolute atomic E-state index is 11.6. The minimum atomic E-state index is -1.19. The summed E-state index contributed by atoms with van der Waals surface area (Å²) in [4.78, 5) is 30.2. The van der Waals surface area contributed by atoms with Gasteiger partial charge in [-0.1, -0.05) is 24.3 Å². The molecular formula is C35H45N3O11. The molecule has 14 heteroatoms. The average Bonchev–Trinajstić information content (AvgIpc) is 3.64. The summed E-state index contributed by atoms with van der Waals surface area (Å²) in [6.45, 7) is 14.9. The number of aromatic nitrogens is 2. The highest BCUT2D eigenvalue weighted by Gasteiger charge is 2.24. The zero-order valence-corrected chi connectivity index (χ0v) is 28.8. The molecule has 0 spiro atoms. The third-order valence-corrected chi connectivity index (χ3v) is 6.31. The molecule has 5 N–H and O–H groups in total. The summed E-state index contributed by atoms with van der Waals surface area (Å²) in [5.74, 6) is -1.61. The number of aromatic carboxylic acids is 1. The Morgan fingerprint density at radius 3 is 1.76 bits per heavy atom. The second kappa shape index (κ2) is 19.7. The number of carboxylic acid groups (broad SMARTS) is 1. The van der Waals surface area contributed by atoms with Crippen LogP contribution in [0.25, 0.3) is 22.2 Å². The zero-order valence-electron chi connectivity index (χ0n) is 28.8. The Balaban J connectivity index is 0.000000229. The van der Waals surface area contributed by atoms with E-state index in [1.54, 1.807) is 45.9 Å². The van der Waals surface area contributed by atoms with Crippen LogP contribution in [0.4, 0.5) is 5.69 Å². The number of carbonyl (C=O) groups is 2. The number of esters is 1. The summed E-state index contributed by atoms with van der Waals surface area (Å²) in [7, 11) is 0. The molecule has 0 aliphatic carbocycles. The highest BCUT2D eigenvalue weighted by Crippen LogP contribution is 2.24. The van der Waals surface area contributed by atoms with E-state index in [9.17, 15) is 9.59 Å². The quantitative estimate of drug-likeness (QED) is 0.0545. The van der Waals surface area contributed by atoms with Gasteiger partial charge in [0, 0.05) is 46.2 Å². The molecule has 5 rings (SSSR count). The summed E-state index contributed by atoms with van der Waals surface area (Å²) in [5.41, 5.74) is 9.02. The number of aliphatic hydroxyl groups excluding tert-OH is 1. The standard InChI is InChI=1S/C11H11NO3.C9H9NO2.C8H18O3.C7H7NO3/c1-3-14-11(13)8-5-4-6-9-10(8)15-7(2)12-9;1-6-10-8-4-2-3-7(5-11)9(8)12-6;1-5-9-8(4,10-6-2)11-7-3;8-5-3-1-2-4(6(5)9)7(10)11/h4-6H,3H2,1-2H3;2-4,11H,5H2,1H3;5-7H2,1-4H3;1-3,9H,8H2,(H,10,11). The van der Waals surface area contributed by atoms with Crippen molar-refractivity contribution in [3.63, 3.8) is 0 Å². The van der Waals surface area contributed by atoms with E-state index in [0.717, 1.165) is 11.1 Å². The molecule has 2 aromatic heterocycles. The Bertz CT molecular complexity index is 1760.